The summed E-state index contributed by atoms with van der Waals surface area (Å²) >= 11 is 0. The van der Waals surface area contributed by atoms with E-state index >= 15 is 0 Å². The summed E-state index contributed by atoms with van der Waals surface area (Å²) in [5, 5.41) is 0. The Kier molecular flexibility index (Phi) is 4.72. The van der Waals surface area contributed by atoms with Gasteiger partial charge in [0.1, 0.15) is 0 Å². The molecule has 0 saturated heterocycles. The molecule has 0 radical (unpaired) electrons. The number of hydrogen-bond donors (Lipinski definition) is 0. The summed E-state index contributed by atoms with van der Waals surface area (Å²) in [6.45, 7) is 4.40. The third kappa shape index (κ3) is 3.68. The van der Waals surface area contributed by atoms with Crippen LogP contribution in [0, 0.1) is 0 Å². The van der Waals surface area contributed by atoms with Gasteiger partial charge in [-0.2, -0.15) is 0 Å². The van der Waals surface area contributed by atoms with Gasteiger partial charge in [0.05, 0.1) is 6.33 Å². The zero-order valence-corrected chi connectivity index (χ0v) is 11.2. The Morgan fingerprint density at radius 2 is 2.11 bits per heavy atom. The van der Waals surface area contributed by atoms with Crippen molar-refractivity contribution in [2.24, 2.45) is 0 Å². The number of carbonyl (C=O) groups is 1. The first kappa shape index (κ1) is 13.3. The molecule has 0 fully saturated rings. The third-order valence-electron chi connectivity index (χ3n) is 3.09. The van der Waals surface area contributed by atoms with Gasteiger partial charge in [-0.05, 0) is 25.5 Å². The molecule has 100 valence electrons. The highest BCUT2D eigenvalue weighted by atomic mass is 16.2. The van der Waals surface area contributed by atoms with E-state index in [1.54, 1.807) is 12.5 Å². The van der Waals surface area contributed by atoms with Gasteiger partial charge in [0.2, 0.25) is 0 Å². The Labute approximate surface area is 113 Å². The molecule has 0 N–H and O–H groups in total. The van der Waals surface area contributed by atoms with Crippen molar-refractivity contribution >= 4 is 5.91 Å². The molecule has 1 amide bonds. The van der Waals surface area contributed by atoms with Crippen LogP contribution < -0.4 is 0 Å². The molecule has 4 heteroatoms. The minimum Gasteiger partial charge on any atom is -0.339 e. The number of carbonyl (C=O) groups excluding carboxylic acids is 1. The predicted molar refractivity (Wildman–Crippen MR) is 74.9 cm³/mol. The molecule has 19 heavy (non-hydrogen) atoms. The molecule has 0 saturated carbocycles. The molecule has 1 aromatic heterocycles. The number of aryl methyl sites for hydroxylation is 1. The zero-order valence-electron chi connectivity index (χ0n) is 11.2. The van der Waals surface area contributed by atoms with Gasteiger partial charge >= 0.3 is 0 Å². The highest BCUT2D eigenvalue weighted by molar-refractivity contribution is 5.94. The maximum absolute atomic E-state index is 12.3. The minimum atomic E-state index is 0.105. The average molecular weight is 257 g/mol. The predicted octanol–water partition coefficient (Wildman–Crippen LogP) is 2.44. The number of rotatable bonds is 6. The van der Waals surface area contributed by atoms with E-state index in [1.165, 1.54) is 0 Å². The summed E-state index contributed by atoms with van der Waals surface area (Å²) < 4.78 is 2.03. The van der Waals surface area contributed by atoms with E-state index in [0.29, 0.717) is 0 Å². The Morgan fingerprint density at radius 3 is 2.74 bits per heavy atom. The fraction of sp³-hybridized carbons (Fsp3) is 0.333. The summed E-state index contributed by atoms with van der Waals surface area (Å²) in [5.41, 5.74) is 0.756. The highest BCUT2D eigenvalue weighted by Crippen LogP contribution is 2.05. The third-order valence-corrected chi connectivity index (χ3v) is 3.09. The molecule has 0 spiro atoms. The molecule has 0 atom stereocenters. The Morgan fingerprint density at radius 1 is 1.32 bits per heavy atom. The van der Waals surface area contributed by atoms with E-state index in [9.17, 15) is 4.79 Å². The molecule has 0 bridgehead atoms. The van der Waals surface area contributed by atoms with Crippen LogP contribution in [-0.2, 0) is 6.54 Å². The second-order valence-electron chi connectivity index (χ2n) is 4.40. The molecule has 4 nitrogen and oxygen atoms in total. The topological polar surface area (TPSA) is 38.1 Å². The molecule has 0 aliphatic rings. The van der Waals surface area contributed by atoms with Crippen LogP contribution in [0.25, 0.3) is 0 Å². The van der Waals surface area contributed by atoms with Crippen molar-refractivity contribution in [2.45, 2.75) is 19.9 Å². The van der Waals surface area contributed by atoms with Crippen molar-refractivity contribution in [1.82, 2.24) is 14.5 Å². The lowest BCUT2D eigenvalue weighted by atomic mass is 10.2. The number of amides is 1. The first-order valence-corrected chi connectivity index (χ1v) is 6.61. The van der Waals surface area contributed by atoms with Crippen LogP contribution in [0.2, 0.25) is 0 Å². The van der Waals surface area contributed by atoms with Gasteiger partial charge < -0.3 is 9.47 Å². The van der Waals surface area contributed by atoms with Crippen LogP contribution in [0.3, 0.4) is 0 Å². The van der Waals surface area contributed by atoms with Gasteiger partial charge in [0.25, 0.3) is 5.91 Å². The van der Waals surface area contributed by atoms with Gasteiger partial charge in [-0.1, -0.05) is 18.2 Å². The minimum absolute atomic E-state index is 0.105. The first-order valence-electron chi connectivity index (χ1n) is 6.61. The summed E-state index contributed by atoms with van der Waals surface area (Å²) in [6.07, 6.45) is 6.44. The van der Waals surface area contributed by atoms with E-state index in [4.69, 9.17) is 0 Å². The lowest BCUT2D eigenvalue weighted by Crippen LogP contribution is -2.32. The quantitative estimate of drug-likeness (QED) is 0.797. The maximum atomic E-state index is 12.3. The molecule has 0 aliphatic carbocycles. The van der Waals surface area contributed by atoms with E-state index < -0.39 is 0 Å². The summed E-state index contributed by atoms with van der Waals surface area (Å²) in [5.74, 6) is 0.105. The average Bonchev–Trinajstić information content (AvgIpc) is 2.97. The van der Waals surface area contributed by atoms with E-state index in [-0.39, 0.29) is 5.91 Å². The van der Waals surface area contributed by atoms with E-state index in [2.05, 4.69) is 4.98 Å². The van der Waals surface area contributed by atoms with Crippen molar-refractivity contribution in [2.75, 3.05) is 13.1 Å². The Hall–Kier alpha value is -2.10. The standard InChI is InChI=1S/C15H19N3O/c1-2-18(11-6-10-17-12-9-16-13-17)15(19)14-7-4-3-5-8-14/h3-5,7-9,12-13H,2,6,10-11H2,1H3. The summed E-state index contributed by atoms with van der Waals surface area (Å²) in [4.78, 5) is 18.2. The molecule has 1 heterocycles. The van der Waals surface area contributed by atoms with Gasteiger partial charge in [0, 0.05) is 37.6 Å². The number of nitrogens with zero attached hydrogens (tertiary/aromatic N) is 3. The second-order valence-corrected chi connectivity index (χ2v) is 4.40. The summed E-state index contributed by atoms with van der Waals surface area (Å²) in [7, 11) is 0. The fourth-order valence-electron chi connectivity index (χ4n) is 2.03. The van der Waals surface area contributed by atoms with Crippen LogP contribution in [-0.4, -0.2) is 33.4 Å². The number of aromatic nitrogens is 2. The lowest BCUT2D eigenvalue weighted by Gasteiger charge is -2.21. The van der Waals surface area contributed by atoms with Gasteiger partial charge in [-0.25, -0.2) is 4.98 Å². The molecule has 2 rings (SSSR count). The van der Waals surface area contributed by atoms with Crippen molar-refractivity contribution < 1.29 is 4.79 Å². The fourth-order valence-corrected chi connectivity index (χ4v) is 2.03. The van der Waals surface area contributed by atoms with Crippen LogP contribution in [0.4, 0.5) is 0 Å². The SMILES string of the molecule is CCN(CCCn1ccnc1)C(=O)c1ccccc1. The first-order chi connectivity index (χ1) is 9.31. The molecular formula is C15H19N3O. The van der Waals surface area contributed by atoms with Crippen LogP contribution in [0.15, 0.2) is 49.1 Å². The summed E-state index contributed by atoms with van der Waals surface area (Å²) in [6, 6.07) is 9.44. The molecular weight excluding hydrogens is 238 g/mol. The van der Waals surface area contributed by atoms with E-state index in [0.717, 1.165) is 31.6 Å². The van der Waals surface area contributed by atoms with E-state index in [1.807, 2.05) is 52.9 Å². The largest absolute Gasteiger partial charge is 0.339 e. The smallest absolute Gasteiger partial charge is 0.253 e. The highest BCUT2D eigenvalue weighted by Gasteiger charge is 2.12. The van der Waals surface area contributed by atoms with Crippen LogP contribution in [0.5, 0.6) is 0 Å². The van der Waals surface area contributed by atoms with Crippen molar-refractivity contribution in [3.63, 3.8) is 0 Å². The number of hydrogen-bond acceptors (Lipinski definition) is 2. The normalized spacial score (nSPS) is 10.4. The van der Waals surface area contributed by atoms with Crippen molar-refractivity contribution in [3.8, 4) is 0 Å². The lowest BCUT2D eigenvalue weighted by molar-refractivity contribution is 0.0760. The number of imidazole rings is 1. The van der Waals surface area contributed by atoms with Crippen LogP contribution >= 0.6 is 0 Å². The maximum Gasteiger partial charge on any atom is 0.253 e. The molecule has 2 aromatic rings. The Balaban J connectivity index is 1.87. The van der Waals surface area contributed by atoms with Gasteiger partial charge in [-0.3, -0.25) is 4.79 Å². The zero-order chi connectivity index (χ0) is 13.5. The van der Waals surface area contributed by atoms with Gasteiger partial charge in [-0.15, -0.1) is 0 Å². The Bertz CT molecular complexity index is 493. The monoisotopic (exact) mass is 257 g/mol. The van der Waals surface area contributed by atoms with Crippen molar-refractivity contribution in [3.05, 3.63) is 54.6 Å². The number of benzene rings is 1. The molecule has 0 aliphatic heterocycles. The molecule has 0 unspecified atom stereocenters. The van der Waals surface area contributed by atoms with Crippen molar-refractivity contribution in [1.29, 1.82) is 0 Å². The second kappa shape index (κ2) is 6.73. The van der Waals surface area contributed by atoms with Crippen LogP contribution in [0.1, 0.15) is 23.7 Å². The van der Waals surface area contributed by atoms with Gasteiger partial charge in [0.15, 0.2) is 0 Å². The molecule has 1 aromatic carbocycles.